The van der Waals surface area contributed by atoms with Gasteiger partial charge in [-0.25, -0.2) is 0 Å². The van der Waals surface area contributed by atoms with E-state index in [-0.39, 0.29) is 15.8 Å². The number of nitro benzene ring substituents is 1. The second-order valence-corrected chi connectivity index (χ2v) is 5.85. The van der Waals surface area contributed by atoms with Gasteiger partial charge in [0.2, 0.25) is 0 Å². The molecule has 0 saturated carbocycles. The molecule has 0 saturated heterocycles. The van der Waals surface area contributed by atoms with Crippen molar-refractivity contribution in [3.63, 3.8) is 0 Å². The molecule has 11 heteroatoms. The smallest absolute Gasteiger partial charge is 0.422 e. The highest BCUT2D eigenvalue weighted by atomic mass is 32.1. The fourth-order valence-electron chi connectivity index (χ4n) is 2.45. The molecule has 3 rings (SSSR count). The molecule has 0 aliphatic rings. The fraction of sp³-hybridized carbons (Fsp3) is 0.125. The highest BCUT2D eigenvalue weighted by Crippen LogP contribution is 2.27. The topological polar surface area (TPSA) is 90.2 Å². The molecule has 1 aromatic heterocycles. The molecule has 0 radical (unpaired) electrons. The Morgan fingerprint density at radius 2 is 1.93 bits per heavy atom. The van der Waals surface area contributed by atoms with Gasteiger partial charge in [0.05, 0.1) is 27.6 Å². The van der Waals surface area contributed by atoms with Gasteiger partial charge < -0.3 is 9.72 Å². The Balaban J connectivity index is 2.20. The van der Waals surface area contributed by atoms with Crippen LogP contribution >= 0.6 is 12.2 Å². The molecule has 1 N–H and O–H groups in total. The molecule has 3 aromatic rings. The molecule has 1 heterocycles. The SMILES string of the molecule is O=c1c2ccccc2[nH]c(=S)n1-c1cc(OCC(F)(F)F)cc([N+](=O)[O-])c1. The van der Waals surface area contributed by atoms with Crippen LogP contribution in [0.4, 0.5) is 18.9 Å². The van der Waals surface area contributed by atoms with Crippen molar-refractivity contribution in [1.29, 1.82) is 0 Å². The van der Waals surface area contributed by atoms with Gasteiger partial charge >= 0.3 is 6.18 Å². The van der Waals surface area contributed by atoms with Gasteiger partial charge in [-0.05, 0) is 24.4 Å². The molecule has 0 spiro atoms. The van der Waals surface area contributed by atoms with E-state index in [4.69, 9.17) is 12.2 Å². The van der Waals surface area contributed by atoms with Crippen LogP contribution in [0.2, 0.25) is 0 Å². The van der Waals surface area contributed by atoms with Crippen molar-refractivity contribution >= 4 is 28.8 Å². The number of fused-ring (bicyclic) bond motifs is 1. The number of H-pyrrole nitrogens is 1. The number of nitrogens with zero attached hydrogens (tertiary/aromatic N) is 2. The third-order valence-electron chi connectivity index (χ3n) is 3.55. The van der Waals surface area contributed by atoms with E-state index in [1.165, 1.54) is 6.07 Å². The number of hydrogen-bond donors (Lipinski definition) is 1. The number of non-ortho nitro benzene ring substituents is 1. The lowest BCUT2D eigenvalue weighted by atomic mass is 10.2. The minimum Gasteiger partial charge on any atom is -0.484 e. The number of rotatable bonds is 4. The van der Waals surface area contributed by atoms with Crippen molar-refractivity contribution in [2.75, 3.05) is 6.61 Å². The second-order valence-electron chi connectivity index (χ2n) is 5.46. The number of hydrogen-bond acceptors (Lipinski definition) is 5. The summed E-state index contributed by atoms with van der Waals surface area (Å²) in [6.07, 6.45) is -4.62. The fourth-order valence-corrected chi connectivity index (χ4v) is 2.75. The Kier molecular flexibility index (Phi) is 4.70. The molecule has 7 nitrogen and oxygen atoms in total. The van der Waals surface area contributed by atoms with Crippen molar-refractivity contribution in [1.82, 2.24) is 9.55 Å². The zero-order valence-corrected chi connectivity index (χ0v) is 14.1. The summed E-state index contributed by atoms with van der Waals surface area (Å²) >= 11 is 5.14. The van der Waals surface area contributed by atoms with E-state index >= 15 is 0 Å². The summed E-state index contributed by atoms with van der Waals surface area (Å²) in [5.41, 5.74) is -0.739. The number of aromatic amines is 1. The van der Waals surface area contributed by atoms with Crippen LogP contribution in [0, 0.1) is 14.9 Å². The normalized spacial score (nSPS) is 11.5. The Hall–Kier alpha value is -3.21. The largest absolute Gasteiger partial charge is 0.484 e. The van der Waals surface area contributed by atoms with Gasteiger partial charge in [-0.3, -0.25) is 19.5 Å². The molecular weight excluding hydrogens is 387 g/mol. The summed E-state index contributed by atoms with van der Waals surface area (Å²) < 4.78 is 42.7. The first-order chi connectivity index (χ1) is 12.7. The van der Waals surface area contributed by atoms with Crippen LogP contribution in [-0.2, 0) is 0 Å². The number of halogens is 3. The van der Waals surface area contributed by atoms with Crippen molar-refractivity contribution in [2.45, 2.75) is 6.18 Å². The van der Waals surface area contributed by atoms with Crippen molar-refractivity contribution < 1.29 is 22.8 Å². The molecule has 2 aromatic carbocycles. The summed E-state index contributed by atoms with van der Waals surface area (Å²) in [7, 11) is 0. The Labute approximate surface area is 153 Å². The summed E-state index contributed by atoms with van der Waals surface area (Å²) in [4.78, 5) is 25.9. The first-order valence-electron chi connectivity index (χ1n) is 7.39. The van der Waals surface area contributed by atoms with Gasteiger partial charge in [0, 0.05) is 12.1 Å². The lowest BCUT2D eigenvalue weighted by Gasteiger charge is -2.12. The van der Waals surface area contributed by atoms with E-state index in [1.807, 2.05) is 0 Å². The van der Waals surface area contributed by atoms with Gasteiger partial charge in [-0.15, -0.1) is 0 Å². The van der Waals surface area contributed by atoms with Crippen molar-refractivity contribution in [2.24, 2.45) is 0 Å². The van der Waals surface area contributed by atoms with Crippen LogP contribution < -0.4 is 10.3 Å². The van der Waals surface area contributed by atoms with Crippen LogP contribution in [0.5, 0.6) is 5.75 Å². The van der Waals surface area contributed by atoms with Crippen LogP contribution in [-0.4, -0.2) is 27.3 Å². The third kappa shape index (κ3) is 3.97. The van der Waals surface area contributed by atoms with Crippen molar-refractivity contribution in [3.05, 3.63) is 67.7 Å². The first-order valence-corrected chi connectivity index (χ1v) is 7.80. The number of aromatic nitrogens is 2. The number of benzene rings is 2. The predicted molar refractivity (Wildman–Crippen MR) is 92.9 cm³/mol. The molecule has 27 heavy (non-hydrogen) atoms. The summed E-state index contributed by atoms with van der Waals surface area (Å²) in [6, 6.07) is 9.41. The minimum absolute atomic E-state index is 0.0685. The Bertz CT molecular complexity index is 1150. The number of nitro groups is 1. The monoisotopic (exact) mass is 397 g/mol. The number of alkyl halides is 3. The molecule has 140 valence electrons. The number of para-hydroxylation sites is 1. The Morgan fingerprint density at radius 3 is 2.59 bits per heavy atom. The van der Waals surface area contributed by atoms with Crippen LogP contribution in [0.3, 0.4) is 0 Å². The van der Waals surface area contributed by atoms with E-state index < -0.39 is 34.7 Å². The molecule has 0 amide bonds. The number of ether oxygens (including phenoxy) is 1. The average Bonchev–Trinajstić information content (AvgIpc) is 2.59. The van der Waals surface area contributed by atoms with E-state index in [0.29, 0.717) is 5.52 Å². The van der Waals surface area contributed by atoms with E-state index in [2.05, 4.69) is 9.72 Å². The average molecular weight is 397 g/mol. The van der Waals surface area contributed by atoms with Crippen LogP contribution in [0.25, 0.3) is 16.6 Å². The molecule has 0 atom stereocenters. The van der Waals surface area contributed by atoms with E-state index in [0.717, 1.165) is 22.8 Å². The maximum atomic E-state index is 12.7. The lowest BCUT2D eigenvalue weighted by molar-refractivity contribution is -0.384. The van der Waals surface area contributed by atoms with E-state index in [1.54, 1.807) is 18.2 Å². The van der Waals surface area contributed by atoms with Gasteiger partial charge in [0.1, 0.15) is 5.75 Å². The van der Waals surface area contributed by atoms with Gasteiger partial charge in [0.25, 0.3) is 11.2 Å². The van der Waals surface area contributed by atoms with Gasteiger partial charge in [-0.2, -0.15) is 13.2 Å². The highest BCUT2D eigenvalue weighted by molar-refractivity contribution is 7.71. The highest BCUT2D eigenvalue weighted by Gasteiger charge is 2.29. The molecule has 0 fully saturated rings. The third-order valence-corrected chi connectivity index (χ3v) is 3.84. The first kappa shape index (κ1) is 18.6. The molecule has 0 bridgehead atoms. The maximum absolute atomic E-state index is 12.7. The lowest BCUT2D eigenvalue weighted by Crippen LogP contribution is -2.21. The summed E-state index contributed by atoms with van der Waals surface area (Å²) in [5, 5.41) is 11.4. The molecule has 0 aliphatic carbocycles. The number of nitrogens with one attached hydrogen (secondary N) is 1. The second kappa shape index (κ2) is 6.83. The van der Waals surface area contributed by atoms with Crippen molar-refractivity contribution in [3.8, 4) is 11.4 Å². The quantitative estimate of drug-likeness (QED) is 0.410. The summed E-state index contributed by atoms with van der Waals surface area (Å²) in [5.74, 6) is -0.411. The zero-order chi connectivity index (χ0) is 19.8. The predicted octanol–water partition coefficient (Wildman–Crippen LogP) is 3.90. The Morgan fingerprint density at radius 1 is 1.22 bits per heavy atom. The van der Waals surface area contributed by atoms with Crippen LogP contribution in [0.1, 0.15) is 0 Å². The van der Waals surface area contributed by atoms with Crippen LogP contribution in [0.15, 0.2) is 47.3 Å². The molecular formula is C16H10F3N3O4S. The van der Waals surface area contributed by atoms with E-state index in [9.17, 15) is 28.1 Å². The standard InChI is InChI=1S/C16H10F3N3O4S/c17-16(18,19)8-26-11-6-9(5-10(7-11)22(24)25)21-14(23)12-3-1-2-4-13(12)20-15(21)27/h1-7H,8H2,(H,20,27). The van der Waals surface area contributed by atoms with Gasteiger partial charge in [0.15, 0.2) is 11.4 Å². The molecule has 0 aliphatic heterocycles. The summed E-state index contributed by atoms with van der Waals surface area (Å²) in [6.45, 7) is -1.63. The zero-order valence-electron chi connectivity index (χ0n) is 13.3. The molecule has 0 unspecified atom stereocenters. The van der Waals surface area contributed by atoms with Gasteiger partial charge in [-0.1, -0.05) is 12.1 Å². The minimum atomic E-state index is -4.62. The maximum Gasteiger partial charge on any atom is 0.422 e.